The van der Waals surface area contributed by atoms with E-state index in [1.165, 1.54) is 7.11 Å². The summed E-state index contributed by atoms with van der Waals surface area (Å²) in [6.07, 6.45) is 0. The lowest BCUT2D eigenvalue weighted by Gasteiger charge is -2.19. The first-order valence-corrected chi connectivity index (χ1v) is 8.56. The molecule has 22 heavy (non-hydrogen) atoms. The van der Waals surface area contributed by atoms with Gasteiger partial charge in [0.05, 0.1) is 17.1 Å². The Hall–Kier alpha value is -1.40. The Morgan fingerprint density at radius 2 is 1.95 bits per heavy atom. The number of aromatic nitrogens is 1. The fourth-order valence-electron chi connectivity index (χ4n) is 2.40. The van der Waals surface area contributed by atoms with Gasteiger partial charge in [0.25, 0.3) is 5.56 Å². The van der Waals surface area contributed by atoms with Gasteiger partial charge in [0.2, 0.25) is 0 Å². The Labute approximate surface area is 145 Å². The molecule has 1 aromatic carbocycles. The summed E-state index contributed by atoms with van der Waals surface area (Å²) in [6, 6.07) is 9.71. The first kappa shape index (κ1) is 17.0. The fraction of sp³-hybridized carbons (Fsp3) is 0.250. The lowest BCUT2D eigenvalue weighted by Crippen LogP contribution is -2.21. The summed E-state index contributed by atoms with van der Waals surface area (Å²) in [5, 5.41) is 0.356. The normalized spacial score (nSPS) is 12.0. The van der Waals surface area contributed by atoms with E-state index < -0.39 is 5.97 Å². The highest BCUT2D eigenvalue weighted by Crippen LogP contribution is 2.33. The van der Waals surface area contributed by atoms with Crippen molar-refractivity contribution >= 4 is 37.8 Å². The van der Waals surface area contributed by atoms with Crippen LogP contribution < -0.4 is 5.56 Å². The van der Waals surface area contributed by atoms with Gasteiger partial charge in [0, 0.05) is 16.9 Å². The number of hydrogen-bond acceptors (Lipinski definition) is 3. The van der Waals surface area contributed by atoms with E-state index >= 15 is 0 Å². The Kier molecular flexibility index (Phi) is 5.58. The molecule has 0 amide bonds. The number of carbonyl (C=O) groups excluding carboxylic acids is 1. The van der Waals surface area contributed by atoms with Crippen LogP contribution in [-0.2, 0) is 10.1 Å². The first-order chi connectivity index (χ1) is 10.5. The van der Waals surface area contributed by atoms with Crippen molar-refractivity contribution in [2.75, 3.05) is 7.11 Å². The van der Waals surface area contributed by atoms with Crippen molar-refractivity contribution in [1.82, 2.24) is 4.98 Å². The molecule has 0 aliphatic carbocycles. The summed E-state index contributed by atoms with van der Waals surface area (Å²) in [6.45, 7) is 1.96. The number of pyridine rings is 1. The molecule has 1 atom stereocenters. The summed E-state index contributed by atoms with van der Waals surface area (Å²) in [5.41, 5.74) is 2.29. The van der Waals surface area contributed by atoms with Crippen molar-refractivity contribution in [3.63, 3.8) is 0 Å². The van der Waals surface area contributed by atoms with Crippen LogP contribution in [0.15, 0.2) is 39.6 Å². The summed E-state index contributed by atoms with van der Waals surface area (Å²) in [4.78, 5) is 27.1. The molecule has 0 bridgehead atoms. The van der Waals surface area contributed by atoms with Gasteiger partial charge in [-0.1, -0.05) is 53.2 Å². The molecule has 1 aromatic heterocycles. The summed E-state index contributed by atoms with van der Waals surface area (Å²) in [5.74, 6) is -0.603. The van der Waals surface area contributed by atoms with E-state index in [1.807, 2.05) is 37.3 Å². The smallest absolute Gasteiger partial charge is 0.340 e. The van der Waals surface area contributed by atoms with Crippen LogP contribution in [0.2, 0.25) is 0 Å². The molecule has 2 rings (SSSR count). The number of methoxy groups -OCH3 is 1. The molecule has 0 spiro atoms. The largest absolute Gasteiger partial charge is 0.465 e. The van der Waals surface area contributed by atoms with Gasteiger partial charge in [-0.3, -0.25) is 4.79 Å². The first-order valence-electron chi connectivity index (χ1n) is 6.65. The highest BCUT2D eigenvalue weighted by molar-refractivity contribution is 9.10. The zero-order valence-corrected chi connectivity index (χ0v) is 15.3. The van der Waals surface area contributed by atoms with Crippen LogP contribution in [0.3, 0.4) is 0 Å². The number of nitrogens with one attached hydrogen (secondary N) is 1. The number of hydrogen-bond donors (Lipinski definition) is 1. The fourth-order valence-corrected chi connectivity index (χ4v) is 3.46. The van der Waals surface area contributed by atoms with Crippen LogP contribution in [-0.4, -0.2) is 18.1 Å². The second-order valence-corrected chi connectivity index (χ2v) is 6.15. The van der Waals surface area contributed by atoms with E-state index in [4.69, 9.17) is 4.74 Å². The number of alkyl halides is 1. The van der Waals surface area contributed by atoms with E-state index in [2.05, 4.69) is 36.8 Å². The number of aromatic amines is 1. The molecule has 0 saturated heterocycles. The van der Waals surface area contributed by atoms with E-state index in [0.29, 0.717) is 26.6 Å². The van der Waals surface area contributed by atoms with E-state index in [0.717, 1.165) is 5.56 Å². The number of carbonyl (C=O) groups is 1. The van der Waals surface area contributed by atoms with Gasteiger partial charge in [-0.2, -0.15) is 0 Å². The SMILES string of the molecule is COC(=O)c1c(CBr)[nH]c(=O)c(Br)c1[C@@H](C)c1ccccc1. The van der Waals surface area contributed by atoms with Gasteiger partial charge >= 0.3 is 5.97 Å². The second-order valence-electron chi connectivity index (χ2n) is 4.79. The van der Waals surface area contributed by atoms with Crippen molar-refractivity contribution < 1.29 is 9.53 Å². The minimum Gasteiger partial charge on any atom is -0.465 e. The van der Waals surface area contributed by atoms with Crippen LogP contribution in [0.5, 0.6) is 0 Å². The molecular formula is C16H15Br2NO3. The van der Waals surface area contributed by atoms with Crippen LogP contribution >= 0.6 is 31.9 Å². The molecule has 0 fully saturated rings. The van der Waals surface area contributed by atoms with Crippen LogP contribution in [0.4, 0.5) is 0 Å². The lowest BCUT2D eigenvalue weighted by atomic mass is 9.89. The predicted octanol–water partition coefficient (Wildman–Crippen LogP) is 3.97. The Morgan fingerprint density at radius 3 is 2.50 bits per heavy atom. The van der Waals surface area contributed by atoms with Gasteiger partial charge in [0.15, 0.2) is 0 Å². The highest BCUT2D eigenvalue weighted by Gasteiger charge is 2.26. The molecular weight excluding hydrogens is 414 g/mol. The van der Waals surface area contributed by atoms with Crippen molar-refractivity contribution in [2.45, 2.75) is 18.2 Å². The lowest BCUT2D eigenvalue weighted by molar-refractivity contribution is 0.0597. The molecule has 116 valence electrons. The van der Waals surface area contributed by atoms with E-state index in [9.17, 15) is 9.59 Å². The molecule has 1 heterocycles. The third kappa shape index (κ3) is 3.17. The number of H-pyrrole nitrogens is 1. The van der Waals surface area contributed by atoms with Gasteiger partial charge < -0.3 is 9.72 Å². The topological polar surface area (TPSA) is 59.2 Å². The third-order valence-corrected chi connectivity index (χ3v) is 4.88. The Morgan fingerprint density at radius 1 is 1.32 bits per heavy atom. The van der Waals surface area contributed by atoms with E-state index in [1.54, 1.807) is 0 Å². The zero-order valence-electron chi connectivity index (χ0n) is 12.2. The quantitative estimate of drug-likeness (QED) is 0.592. The molecule has 6 heteroatoms. The predicted molar refractivity (Wildman–Crippen MR) is 92.7 cm³/mol. The minimum atomic E-state index is -0.468. The molecule has 0 radical (unpaired) electrons. The maximum Gasteiger partial charge on any atom is 0.340 e. The van der Waals surface area contributed by atoms with Crippen molar-refractivity contribution in [3.05, 3.63) is 67.5 Å². The van der Waals surface area contributed by atoms with Crippen molar-refractivity contribution in [3.8, 4) is 0 Å². The van der Waals surface area contributed by atoms with Gasteiger partial charge in [-0.05, 0) is 27.1 Å². The molecule has 2 aromatic rings. The molecule has 0 aliphatic rings. The molecule has 0 aliphatic heterocycles. The monoisotopic (exact) mass is 427 g/mol. The number of ether oxygens (including phenoxy) is 1. The van der Waals surface area contributed by atoms with E-state index in [-0.39, 0.29) is 11.5 Å². The average molecular weight is 429 g/mol. The maximum absolute atomic E-state index is 12.2. The maximum atomic E-state index is 12.2. The van der Waals surface area contributed by atoms with Crippen LogP contribution in [0.1, 0.15) is 40.0 Å². The van der Waals surface area contributed by atoms with Crippen molar-refractivity contribution in [2.24, 2.45) is 0 Å². The number of esters is 1. The Balaban J connectivity index is 2.75. The van der Waals surface area contributed by atoms with Crippen LogP contribution in [0.25, 0.3) is 0 Å². The van der Waals surface area contributed by atoms with Gasteiger partial charge in [-0.15, -0.1) is 0 Å². The van der Waals surface area contributed by atoms with Gasteiger partial charge in [0.1, 0.15) is 0 Å². The zero-order chi connectivity index (χ0) is 16.3. The Bertz CT molecular complexity index is 741. The number of halogens is 2. The van der Waals surface area contributed by atoms with Gasteiger partial charge in [-0.25, -0.2) is 4.79 Å². The highest BCUT2D eigenvalue weighted by atomic mass is 79.9. The second kappa shape index (κ2) is 7.24. The molecule has 1 N–H and O–H groups in total. The number of rotatable bonds is 4. The third-order valence-electron chi connectivity index (χ3n) is 3.53. The minimum absolute atomic E-state index is 0.134. The molecule has 0 saturated carbocycles. The molecule has 4 nitrogen and oxygen atoms in total. The average Bonchev–Trinajstić information content (AvgIpc) is 2.56. The van der Waals surface area contributed by atoms with Crippen molar-refractivity contribution in [1.29, 1.82) is 0 Å². The molecule has 0 unspecified atom stereocenters. The van der Waals surface area contributed by atoms with Crippen LogP contribution in [0, 0.1) is 0 Å². The summed E-state index contributed by atoms with van der Waals surface area (Å²) < 4.78 is 5.25. The summed E-state index contributed by atoms with van der Waals surface area (Å²) in [7, 11) is 1.33. The standard InChI is InChI=1S/C16H15Br2NO3/c1-9(10-6-4-3-5-7-10)12-13(16(21)22-2)11(8-17)19-15(20)14(12)18/h3-7,9H,8H2,1-2H3,(H,19,20)/t9-/m0/s1. The summed E-state index contributed by atoms with van der Waals surface area (Å²) >= 11 is 6.63. The number of benzene rings is 1.